The Morgan fingerprint density at radius 2 is 2.15 bits per heavy atom. The number of aromatic nitrogens is 3. The van der Waals surface area contributed by atoms with Crippen molar-refractivity contribution in [3.63, 3.8) is 0 Å². The smallest absolute Gasteiger partial charge is 0.366 e. The van der Waals surface area contributed by atoms with Crippen LogP contribution in [-0.2, 0) is 12.7 Å². The van der Waals surface area contributed by atoms with Gasteiger partial charge in [0.05, 0.1) is 15.5 Å². The Bertz CT molecular complexity index is 797. The molecule has 3 rings (SSSR count). The lowest BCUT2D eigenvalue weighted by molar-refractivity contribution is -0.384. The van der Waals surface area contributed by atoms with Gasteiger partial charge in [0, 0.05) is 25.7 Å². The van der Waals surface area contributed by atoms with E-state index in [0.717, 1.165) is 18.9 Å². The molecule has 1 saturated heterocycles. The van der Waals surface area contributed by atoms with Gasteiger partial charge in [0.15, 0.2) is 0 Å². The van der Waals surface area contributed by atoms with E-state index in [2.05, 4.69) is 10.1 Å². The molecular weight excluding hydrogens is 375 g/mol. The molecule has 1 fully saturated rings. The van der Waals surface area contributed by atoms with Crippen molar-refractivity contribution in [2.24, 2.45) is 5.92 Å². The molecule has 140 valence electrons. The molecule has 11 heteroatoms. The number of nitrogens with zero attached hydrogens (tertiary/aromatic N) is 5. The molecule has 2 heterocycles. The van der Waals surface area contributed by atoms with E-state index in [9.17, 15) is 23.3 Å². The van der Waals surface area contributed by atoms with Crippen molar-refractivity contribution >= 4 is 23.0 Å². The molecule has 0 saturated carbocycles. The number of anilines is 1. The third-order valence-corrected chi connectivity index (χ3v) is 4.65. The molecule has 7 nitrogen and oxygen atoms in total. The Morgan fingerprint density at radius 1 is 1.38 bits per heavy atom. The average molecular weight is 390 g/mol. The first kappa shape index (κ1) is 18.4. The second-order valence-corrected chi connectivity index (χ2v) is 6.55. The zero-order valence-electron chi connectivity index (χ0n) is 13.5. The molecule has 1 unspecified atom stereocenters. The summed E-state index contributed by atoms with van der Waals surface area (Å²) in [6.45, 7) is 1.55. The summed E-state index contributed by atoms with van der Waals surface area (Å²) in [7, 11) is 0. The summed E-state index contributed by atoms with van der Waals surface area (Å²) in [5.74, 6) is 0.145. The number of rotatable bonds is 4. The largest absolute Gasteiger partial charge is 0.418 e. The van der Waals surface area contributed by atoms with E-state index >= 15 is 0 Å². The monoisotopic (exact) mass is 389 g/mol. The lowest BCUT2D eigenvalue weighted by Crippen LogP contribution is -2.37. The molecule has 1 aliphatic heterocycles. The number of benzene rings is 1. The van der Waals surface area contributed by atoms with Crippen molar-refractivity contribution in [2.75, 3.05) is 18.0 Å². The molecule has 1 atom stereocenters. The highest BCUT2D eigenvalue weighted by Gasteiger charge is 2.37. The van der Waals surface area contributed by atoms with Crippen LogP contribution >= 0.6 is 11.6 Å². The van der Waals surface area contributed by atoms with E-state index < -0.39 is 27.4 Å². The third kappa shape index (κ3) is 3.90. The normalized spacial score (nSPS) is 18.2. The van der Waals surface area contributed by atoms with Crippen molar-refractivity contribution in [3.8, 4) is 0 Å². The number of alkyl halides is 3. The summed E-state index contributed by atoms with van der Waals surface area (Å²) in [5, 5.41) is 14.8. The first-order valence-corrected chi connectivity index (χ1v) is 8.26. The van der Waals surface area contributed by atoms with Gasteiger partial charge >= 0.3 is 6.18 Å². The summed E-state index contributed by atoms with van der Waals surface area (Å²) in [5.41, 5.74) is -1.69. The molecule has 1 aliphatic rings. The summed E-state index contributed by atoms with van der Waals surface area (Å²) in [6, 6.07) is 1.55. The summed E-state index contributed by atoms with van der Waals surface area (Å²) in [4.78, 5) is 16.1. The quantitative estimate of drug-likeness (QED) is 0.587. The zero-order valence-corrected chi connectivity index (χ0v) is 14.2. The minimum atomic E-state index is -4.75. The SMILES string of the molecule is O=[N+]([O-])c1cc(C(F)(F)F)c(Cl)cc1N1CCCC(Cn2cncn2)C1. The van der Waals surface area contributed by atoms with Gasteiger partial charge in [-0.05, 0) is 24.8 Å². The first-order chi connectivity index (χ1) is 12.3. The van der Waals surface area contributed by atoms with E-state index in [1.54, 1.807) is 15.9 Å². The molecule has 0 spiro atoms. The van der Waals surface area contributed by atoms with E-state index in [1.165, 1.54) is 6.33 Å². The molecule has 0 N–H and O–H groups in total. The van der Waals surface area contributed by atoms with Gasteiger partial charge in [-0.1, -0.05) is 11.6 Å². The fraction of sp³-hybridized carbons (Fsp3) is 0.467. The maximum atomic E-state index is 13.0. The van der Waals surface area contributed by atoms with Crippen LogP contribution in [0, 0.1) is 16.0 Å². The van der Waals surface area contributed by atoms with Gasteiger partial charge in [-0.3, -0.25) is 14.8 Å². The molecule has 1 aromatic carbocycles. The van der Waals surface area contributed by atoms with E-state index in [-0.39, 0.29) is 11.6 Å². The maximum absolute atomic E-state index is 13.0. The molecule has 1 aromatic heterocycles. The predicted octanol–water partition coefficient (Wildman–Crippen LogP) is 3.78. The van der Waals surface area contributed by atoms with E-state index in [0.29, 0.717) is 25.7 Å². The number of nitro groups is 1. The van der Waals surface area contributed by atoms with Crippen molar-refractivity contribution in [3.05, 3.63) is 45.5 Å². The van der Waals surface area contributed by atoms with Gasteiger partial charge in [0.25, 0.3) is 5.69 Å². The molecule has 0 bridgehead atoms. The van der Waals surface area contributed by atoms with Crippen LogP contribution < -0.4 is 4.90 Å². The van der Waals surface area contributed by atoms with Crippen molar-refractivity contribution in [1.29, 1.82) is 0 Å². The fourth-order valence-corrected chi connectivity index (χ4v) is 3.46. The van der Waals surface area contributed by atoms with Gasteiger partial charge in [-0.15, -0.1) is 0 Å². The van der Waals surface area contributed by atoms with Gasteiger partial charge in [-0.2, -0.15) is 18.3 Å². The highest BCUT2D eigenvalue weighted by Crippen LogP contribution is 2.42. The Labute approximate surface area is 151 Å². The van der Waals surface area contributed by atoms with Crippen LogP contribution in [0.4, 0.5) is 24.5 Å². The first-order valence-electron chi connectivity index (χ1n) is 7.88. The van der Waals surface area contributed by atoms with Crippen LogP contribution in [0.3, 0.4) is 0 Å². The minimum absolute atomic E-state index is 0.108. The van der Waals surface area contributed by atoms with E-state index in [4.69, 9.17) is 11.6 Å². The number of hydrogen-bond acceptors (Lipinski definition) is 5. The van der Waals surface area contributed by atoms with Crippen LogP contribution in [0.15, 0.2) is 24.8 Å². The number of nitro benzene ring substituents is 1. The topological polar surface area (TPSA) is 77.1 Å². The highest BCUT2D eigenvalue weighted by molar-refractivity contribution is 6.31. The Morgan fingerprint density at radius 3 is 2.77 bits per heavy atom. The lowest BCUT2D eigenvalue weighted by atomic mass is 9.97. The highest BCUT2D eigenvalue weighted by atomic mass is 35.5. The molecule has 0 amide bonds. The fourth-order valence-electron chi connectivity index (χ4n) is 3.19. The molecule has 26 heavy (non-hydrogen) atoms. The van der Waals surface area contributed by atoms with Crippen LogP contribution in [-0.4, -0.2) is 32.8 Å². The summed E-state index contributed by atoms with van der Waals surface area (Å²) in [6.07, 6.45) is -0.108. The molecule has 0 radical (unpaired) electrons. The second-order valence-electron chi connectivity index (χ2n) is 6.15. The Kier molecular flexibility index (Phi) is 5.03. The molecule has 0 aliphatic carbocycles. The molecular formula is C15H15ClF3N5O2. The van der Waals surface area contributed by atoms with Crippen molar-refractivity contribution in [2.45, 2.75) is 25.6 Å². The van der Waals surface area contributed by atoms with Crippen molar-refractivity contribution in [1.82, 2.24) is 14.8 Å². The average Bonchev–Trinajstić information content (AvgIpc) is 3.06. The van der Waals surface area contributed by atoms with E-state index in [1.807, 2.05) is 0 Å². The zero-order chi connectivity index (χ0) is 18.9. The minimum Gasteiger partial charge on any atom is -0.366 e. The number of piperidine rings is 1. The van der Waals surface area contributed by atoms with Gasteiger partial charge < -0.3 is 4.90 Å². The van der Waals surface area contributed by atoms with Crippen molar-refractivity contribution < 1.29 is 18.1 Å². The Hall–Kier alpha value is -2.36. The van der Waals surface area contributed by atoms with Gasteiger partial charge in [0.1, 0.15) is 18.3 Å². The Balaban J connectivity index is 1.89. The van der Waals surface area contributed by atoms with Crippen LogP contribution in [0.1, 0.15) is 18.4 Å². The van der Waals surface area contributed by atoms with Crippen LogP contribution in [0.25, 0.3) is 0 Å². The lowest BCUT2D eigenvalue weighted by Gasteiger charge is -2.34. The number of halogens is 4. The summed E-state index contributed by atoms with van der Waals surface area (Å²) >= 11 is 5.77. The predicted molar refractivity (Wildman–Crippen MR) is 88.1 cm³/mol. The number of hydrogen-bond donors (Lipinski definition) is 0. The van der Waals surface area contributed by atoms with Gasteiger partial charge in [-0.25, -0.2) is 4.98 Å². The second kappa shape index (κ2) is 7.10. The van der Waals surface area contributed by atoms with Gasteiger partial charge in [0.2, 0.25) is 0 Å². The maximum Gasteiger partial charge on any atom is 0.418 e. The van der Waals surface area contributed by atoms with Crippen LogP contribution in [0.5, 0.6) is 0 Å². The third-order valence-electron chi connectivity index (χ3n) is 4.34. The standard InChI is InChI=1S/C15H15ClF3N5O2/c16-12-5-13(14(24(25)26)4-11(12)15(17,18)19)22-3-1-2-10(6-22)7-23-9-20-8-21-23/h4-5,8-10H,1-3,6-7H2. The van der Waals surface area contributed by atoms with Crippen LogP contribution in [0.2, 0.25) is 5.02 Å². The molecule has 2 aromatic rings. The summed E-state index contributed by atoms with van der Waals surface area (Å²) < 4.78 is 40.7.